The second-order valence-electron chi connectivity index (χ2n) is 2.14. The van der Waals surface area contributed by atoms with E-state index in [-0.39, 0.29) is 5.25 Å². The molecule has 1 heterocycles. The molecule has 1 atom stereocenters. The van der Waals surface area contributed by atoms with Crippen LogP contribution in [0.4, 0.5) is 0 Å². The molecule has 0 saturated carbocycles. The van der Waals surface area contributed by atoms with E-state index in [4.69, 9.17) is 0 Å². The number of sulfone groups is 1. The van der Waals surface area contributed by atoms with Crippen molar-refractivity contribution in [2.45, 2.75) is 25.0 Å². The maximum atomic E-state index is 10.7. The van der Waals surface area contributed by atoms with Gasteiger partial charge in [-0.25, -0.2) is 8.42 Å². The van der Waals surface area contributed by atoms with E-state index in [1.165, 1.54) is 5.75 Å². The van der Waals surface area contributed by atoms with Crippen LogP contribution in [0.25, 0.3) is 0 Å². The molecule has 0 aromatic rings. The first kappa shape index (κ1) is 6.08. The van der Waals surface area contributed by atoms with Crippen LogP contribution in [-0.2, 0) is 9.84 Å². The fourth-order valence-electron chi connectivity index (χ4n) is 0.796. The van der Waals surface area contributed by atoms with E-state index in [9.17, 15) is 8.42 Å². The zero-order chi connectivity index (χ0) is 6.20. The molecule has 1 unspecified atom stereocenters. The average molecular weight is 133 g/mol. The van der Waals surface area contributed by atoms with Crippen molar-refractivity contribution < 1.29 is 8.42 Å². The third-order valence-electron chi connectivity index (χ3n) is 1.48. The lowest BCUT2D eigenvalue weighted by atomic mass is 10.3. The zero-order valence-corrected chi connectivity index (χ0v) is 5.61. The molecule has 8 heavy (non-hydrogen) atoms. The van der Waals surface area contributed by atoms with Crippen LogP contribution < -0.4 is 0 Å². The van der Waals surface area contributed by atoms with Crippen molar-refractivity contribution >= 4 is 9.84 Å². The van der Waals surface area contributed by atoms with E-state index in [0.29, 0.717) is 0 Å². The summed E-state index contributed by atoms with van der Waals surface area (Å²) in [6.07, 6.45) is 1.55. The van der Waals surface area contributed by atoms with Gasteiger partial charge in [0.2, 0.25) is 0 Å². The molecule has 0 N–H and O–H groups in total. The van der Waals surface area contributed by atoms with Crippen LogP contribution in [-0.4, -0.2) is 13.7 Å². The van der Waals surface area contributed by atoms with Gasteiger partial charge in [0, 0.05) is 0 Å². The summed E-state index contributed by atoms with van der Waals surface area (Å²) in [5.41, 5.74) is 0. The van der Waals surface area contributed by atoms with Gasteiger partial charge in [-0.15, -0.1) is 0 Å². The van der Waals surface area contributed by atoms with E-state index in [1.807, 2.05) is 0 Å². The van der Waals surface area contributed by atoms with Crippen LogP contribution in [0.5, 0.6) is 0 Å². The van der Waals surface area contributed by atoms with Gasteiger partial charge in [-0.3, -0.25) is 0 Å². The third kappa shape index (κ3) is 0.869. The molecule has 47 valence electrons. The van der Waals surface area contributed by atoms with Crippen molar-refractivity contribution in [3.8, 4) is 0 Å². The molecule has 1 radical (unpaired) electrons. The van der Waals surface area contributed by atoms with Crippen LogP contribution in [0.1, 0.15) is 19.8 Å². The summed E-state index contributed by atoms with van der Waals surface area (Å²) in [4.78, 5) is 0. The van der Waals surface area contributed by atoms with E-state index in [0.717, 1.165) is 12.8 Å². The van der Waals surface area contributed by atoms with Crippen molar-refractivity contribution in [1.82, 2.24) is 0 Å². The Morgan fingerprint density at radius 2 is 2.25 bits per heavy atom. The summed E-state index contributed by atoms with van der Waals surface area (Å²) in [6.45, 7) is 1.75. The van der Waals surface area contributed by atoms with Crippen LogP contribution in [0.2, 0.25) is 0 Å². The quantitative estimate of drug-likeness (QED) is 0.488. The molecule has 1 aliphatic heterocycles. The predicted molar refractivity (Wildman–Crippen MR) is 31.9 cm³/mol. The molecule has 0 bridgehead atoms. The van der Waals surface area contributed by atoms with Crippen molar-refractivity contribution in [3.63, 3.8) is 0 Å². The van der Waals surface area contributed by atoms with Gasteiger partial charge in [0.05, 0.1) is 11.0 Å². The molecule has 1 saturated heterocycles. The molecule has 3 heteroatoms. The minimum atomic E-state index is -2.75. The highest BCUT2D eigenvalue weighted by Crippen LogP contribution is 2.22. The van der Waals surface area contributed by atoms with Gasteiger partial charge < -0.3 is 0 Å². The fourth-order valence-corrected chi connectivity index (χ4v) is 2.05. The van der Waals surface area contributed by atoms with Crippen LogP contribution in [0.15, 0.2) is 0 Å². The Kier molecular flexibility index (Phi) is 1.31. The van der Waals surface area contributed by atoms with E-state index < -0.39 is 9.84 Å². The Morgan fingerprint density at radius 3 is 2.38 bits per heavy atom. The molecule has 2 nitrogen and oxygen atoms in total. The van der Waals surface area contributed by atoms with E-state index in [2.05, 4.69) is 0 Å². The zero-order valence-electron chi connectivity index (χ0n) is 4.79. The average Bonchev–Trinajstić information content (AvgIpc) is 1.86. The van der Waals surface area contributed by atoms with Crippen molar-refractivity contribution in [1.29, 1.82) is 0 Å². The molecule has 1 fully saturated rings. The van der Waals surface area contributed by atoms with Gasteiger partial charge in [0.1, 0.15) is 0 Å². The van der Waals surface area contributed by atoms with Crippen molar-refractivity contribution in [3.05, 3.63) is 5.75 Å². The second-order valence-corrected chi connectivity index (χ2v) is 4.46. The fraction of sp³-hybridized carbons (Fsp3) is 0.800. The first-order chi connectivity index (χ1) is 3.63. The first-order valence-electron chi connectivity index (χ1n) is 2.70. The third-order valence-corrected chi connectivity index (χ3v) is 3.54. The summed E-state index contributed by atoms with van der Waals surface area (Å²) in [5.74, 6) is 1.41. The highest BCUT2D eigenvalue weighted by Gasteiger charge is 2.26. The lowest BCUT2D eigenvalue weighted by Gasteiger charge is -1.95. The van der Waals surface area contributed by atoms with Gasteiger partial charge in [0.25, 0.3) is 0 Å². The number of hydrogen-bond acceptors (Lipinski definition) is 2. The Labute approximate surface area is 49.8 Å². The molecular formula is C5H9O2S. The molecule has 0 aliphatic carbocycles. The Morgan fingerprint density at radius 1 is 1.62 bits per heavy atom. The molecule has 0 amide bonds. The first-order valence-corrected chi connectivity index (χ1v) is 4.31. The Hall–Kier alpha value is -0.0500. The maximum Gasteiger partial charge on any atom is 0.157 e. The topological polar surface area (TPSA) is 34.1 Å². The molecule has 1 rings (SSSR count). The number of hydrogen-bond donors (Lipinski definition) is 0. The summed E-state index contributed by atoms with van der Waals surface area (Å²) in [5, 5.41) is -0.123. The molecular weight excluding hydrogens is 124 g/mol. The largest absolute Gasteiger partial charge is 0.228 e. The highest BCUT2D eigenvalue weighted by atomic mass is 32.2. The van der Waals surface area contributed by atoms with Crippen molar-refractivity contribution in [2.24, 2.45) is 0 Å². The molecule has 0 spiro atoms. The molecule has 0 aromatic carbocycles. The van der Waals surface area contributed by atoms with Gasteiger partial charge in [0.15, 0.2) is 9.84 Å². The molecule has 1 aliphatic rings. The van der Waals surface area contributed by atoms with Gasteiger partial charge >= 0.3 is 0 Å². The highest BCUT2D eigenvalue weighted by molar-refractivity contribution is 7.94. The minimum Gasteiger partial charge on any atom is -0.228 e. The predicted octanol–water partition coefficient (Wildman–Crippen LogP) is 0.745. The smallest absolute Gasteiger partial charge is 0.157 e. The van der Waals surface area contributed by atoms with Gasteiger partial charge in [-0.1, -0.05) is 0 Å². The molecule has 0 aromatic heterocycles. The summed E-state index contributed by atoms with van der Waals surface area (Å²) in [7, 11) is -2.75. The van der Waals surface area contributed by atoms with Gasteiger partial charge in [-0.2, -0.15) is 0 Å². The second kappa shape index (κ2) is 1.72. The van der Waals surface area contributed by atoms with Crippen LogP contribution >= 0.6 is 0 Å². The SMILES string of the molecule is CC1CC[CH]S1(=O)=O. The summed E-state index contributed by atoms with van der Waals surface area (Å²) >= 11 is 0. The minimum absolute atomic E-state index is 0.123. The van der Waals surface area contributed by atoms with Crippen molar-refractivity contribution in [2.75, 3.05) is 0 Å². The number of rotatable bonds is 0. The van der Waals surface area contributed by atoms with E-state index in [1.54, 1.807) is 6.92 Å². The maximum absolute atomic E-state index is 10.7. The van der Waals surface area contributed by atoms with Gasteiger partial charge in [-0.05, 0) is 19.8 Å². The standard InChI is InChI=1S/C5H9O2S/c1-5-3-2-4-8(5,6)7/h4-5H,2-3H2,1H3. The normalized spacial score (nSPS) is 35.4. The van der Waals surface area contributed by atoms with Crippen LogP contribution in [0.3, 0.4) is 0 Å². The van der Waals surface area contributed by atoms with Crippen LogP contribution in [0, 0.1) is 5.75 Å². The Balaban J connectivity index is 2.85. The summed E-state index contributed by atoms with van der Waals surface area (Å²) < 4.78 is 21.4. The monoisotopic (exact) mass is 133 g/mol. The van der Waals surface area contributed by atoms with E-state index >= 15 is 0 Å². The lowest BCUT2D eigenvalue weighted by molar-refractivity contribution is 0.595. The summed E-state index contributed by atoms with van der Waals surface area (Å²) in [6, 6.07) is 0. The Bertz CT molecular complexity index is 169. The lowest BCUT2D eigenvalue weighted by Crippen LogP contribution is -2.07.